The summed E-state index contributed by atoms with van der Waals surface area (Å²) in [5, 5.41) is 0. The standard InChI is InChI=1S/C22H29N3O3/c1-6-27-19-11-10-17(13-20(19)28-7-2)22(26)24-21(23)16-8-9-18(14-25(4)5)15(3)12-16/h8-13H,6-7,14H2,1-5H3,(H2,23,24,26). The molecule has 0 aliphatic heterocycles. The van der Waals surface area contributed by atoms with E-state index in [-0.39, 0.29) is 5.84 Å². The highest BCUT2D eigenvalue weighted by atomic mass is 16.5. The maximum absolute atomic E-state index is 12.6. The summed E-state index contributed by atoms with van der Waals surface area (Å²) in [7, 11) is 4.05. The summed E-state index contributed by atoms with van der Waals surface area (Å²) < 4.78 is 11.1. The van der Waals surface area contributed by atoms with Crippen molar-refractivity contribution in [1.29, 1.82) is 0 Å². The van der Waals surface area contributed by atoms with Crippen molar-refractivity contribution in [1.82, 2.24) is 4.90 Å². The molecule has 2 N–H and O–H groups in total. The Morgan fingerprint density at radius 1 is 1.00 bits per heavy atom. The first-order chi connectivity index (χ1) is 13.3. The van der Waals surface area contributed by atoms with Crippen LogP contribution < -0.4 is 15.2 Å². The van der Waals surface area contributed by atoms with Gasteiger partial charge in [0.15, 0.2) is 11.5 Å². The highest BCUT2D eigenvalue weighted by Crippen LogP contribution is 2.28. The van der Waals surface area contributed by atoms with Crippen LogP contribution >= 0.6 is 0 Å². The Morgan fingerprint density at radius 3 is 2.25 bits per heavy atom. The molecule has 0 saturated heterocycles. The lowest BCUT2D eigenvalue weighted by molar-refractivity contribution is 0.100. The number of amidine groups is 1. The van der Waals surface area contributed by atoms with Crippen molar-refractivity contribution >= 4 is 11.7 Å². The van der Waals surface area contributed by atoms with Crippen molar-refractivity contribution in [2.24, 2.45) is 10.7 Å². The summed E-state index contributed by atoms with van der Waals surface area (Å²) in [5.41, 5.74) is 9.53. The number of carbonyl (C=O) groups is 1. The van der Waals surface area contributed by atoms with Crippen molar-refractivity contribution in [3.8, 4) is 11.5 Å². The molecule has 0 aliphatic rings. The van der Waals surface area contributed by atoms with Gasteiger partial charge in [-0.15, -0.1) is 0 Å². The average molecular weight is 383 g/mol. The van der Waals surface area contributed by atoms with Crippen molar-refractivity contribution in [3.63, 3.8) is 0 Å². The normalized spacial score (nSPS) is 11.6. The van der Waals surface area contributed by atoms with Crippen molar-refractivity contribution in [2.75, 3.05) is 27.3 Å². The predicted octanol–water partition coefficient (Wildman–Crippen LogP) is 3.40. The number of aliphatic imine (C=N–C) groups is 1. The Hall–Kier alpha value is -2.86. The van der Waals surface area contributed by atoms with Crippen LogP contribution in [0.15, 0.2) is 41.4 Å². The molecule has 2 aromatic rings. The van der Waals surface area contributed by atoms with Crippen LogP contribution in [0.5, 0.6) is 11.5 Å². The molecule has 0 aliphatic carbocycles. The molecule has 28 heavy (non-hydrogen) atoms. The number of aryl methyl sites for hydroxylation is 1. The van der Waals surface area contributed by atoms with E-state index in [0.717, 1.165) is 17.7 Å². The second kappa shape index (κ2) is 9.90. The first kappa shape index (κ1) is 21.4. The number of nitrogens with two attached hydrogens (primary N) is 1. The van der Waals surface area contributed by atoms with E-state index in [1.54, 1.807) is 18.2 Å². The molecular formula is C22H29N3O3. The van der Waals surface area contributed by atoms with Gasteiger partial charge in [-0.25, -0.2) is 0 Å². The molecule has 2 rings (SSSR count). The van der Waals surface area contributed by atoms with Gasteiger partial charge in [-0.2, -0.15) is 4.99 Å². The first-order valence-corrected chi connectivity index (χ1v) is 9.38. The lowest BCUT2D eigenvalue weighted by Gasteiger charge is -2.13. The van der Waals surface area contributed by atoms with Gasteiger partial charge >= 0.3 is 0 Å². The molecule has 0 fully saturated rings. The largest absolute Gasteiger partial charge is 0.490 e. The van der Waals surface area contributed by atoms with Gasteiger partial charge in [-0.1, -0.05) is 12.1 Å². The molecule has 1 amide bonds. The summed E-state index contributed by atoms with van der Waals surface area (Å²) >= 11 is 0. The van der Waals surface area contributed by atoms with E-state index in [9.17, 15) is 4.79 Å². The lowest BCUT2D eigenvalue weighted by atomic mass is 10.0. The Bertz CT molecular complexity index is 860. The van der Waals surface area contributed by atoms with Crippen LogP contribution in [0.25, 0.3) is 0 Å². The quantitative estimate of drug-likeness (QED) is 0.558. The number of benzene rings is 2. The van der Waals surface area contributed by atoms with Crippen LogP contribution in [0.3, 0.4) is 0 Å². The molecule has 2 aromatic carbocycles. The number of carbonyl (C=O) groups excluding carboxylic acids is 1. The van der Waals surface area contributed by atoms with Gasteiger partial charge in [0.05, 0.1) is 13.2 Å². The molecule has 0 bridgehead atoms. The Kier molecular flexibility index (Phi) is 7.58. The van der Waals surface area contributed by atoms with E-state index >= 15 is 0 Å². The van der Waals surface area contributed by atoms with Crippen LogP contribution in [0.1, 0.15) is 40.9 Å². The van der Waals surface area contributed by atoms with Crippen LogP contribution in [0.2, 0.25) is 0 Å². The highest BCUT2D eigenvalue weighted by molar-refractivity contribution is 6.09. The summed E-state index contributed by atoms with van der Waals surface area (Å²) in [4.78, 5) is 18.8. The predicted molar refractivity (Wildman–Crippen MR) is 112 cm³/mol. The molecule has 0 spiro atoms. The van der Waals surface area contributed by atoms with Gasteiger partial charge in [0.1, 0.15) is 5.84 Å². The lowest BCUT2D eigenvalue weighted by Crippen LogP contribution is -2.17. The SMILES string of the molecule is CCOc1ccc(C(=O)N=C(N)c2ccc(CN(C)C)c(C)c2)cc1OCC. The number of hydrogen-bond donors (Lipinski definition) is 1. The summed E-state index contributed by atoms with van der Waals surface area (Å²) in [6.07, 6.45) is 0. The van der Waals surface area contributed by atoms with Crippen LogP contribution in [0, 0.1) is 6.92 Å². The van der Waals surface area contributed by atoms with E-state index in [2.05, 4.69) is 9.89 Å². The third-order valence-corrected chi connectivity index (χ3v) is 4.14. The molecule has 6 heteroatoms. The molecule has 0 saturated carbocycles. The van der Waals surface area contributed by atoms with Crippen molar-refractivity contribution in [3.05, 3.63) is 58.7 Å². The average Bonchev–Trinajstić information content (AvgIpc) is 2.64. The molecule has 0 unspecified atom stereocenters. The minimum atomic E-state index is -0.420. The van der Waals surface area contributed by atoms with Gasteiger partial charge in [-0.3, -0.25) is 4.79 Å². The minimum Gasteiger partial charge on any atom is -0.490 e. The minimum absolute atomic E-state index is 0.191. The van der Waals surface area contributed by atoms with Crippen molar-refractivity contribution < 1.29 is 14.3 Å². The smallest absolute Gasteiger partial charge is 0.279 e. The van der Waals surface area contributed by atoms with Gasteiger partial charge in [0, 0.05) is 17.7 Å². The van der Waals surface area contributed by atoms with Gasteiger partial charge < -0.3 is 20.1 Å². The summed E-state index contributed by atoms with van der Waals surface area (Å²) in [6, 6.07) is 10.9. The Labute approximate surface area is 167 Å². The first-order valence-electron chi connectivity index (χ1n) is 9.38. The highest BCUT2D eigenvalue weighted by Gasteiger charge is 2.12. The zero-order valence-electron chi connectivity index (χ0n) is 17.3. The zero-order valence-corrected chi connectivity index (χ0v) is 17.3. The third-order valence-electron chi connectivity index (χ3n) is 4.14. The van der Waals surface area contributed by atoms with Gasteiger partial charge in [-0.05, 0) is 70.3 Å². The second-order valence-corrected chi connectivity index (χ2v) is 6.71. The van der Waals surface area contributed by atoms with Crippen LogP contribution in [-0.4, -0.2) is 44.0 Å². The van der Waals surface area contributed by atoms with E-state index < -0.39 is 5.91 Å². The third kappa shape index (κ3) is 5.57. The Morgan fingerprint density at radius 2 is 1.64 bits per heavy atom. The number of ether oxygens (including phenoxy) is 2. The fourth-order valence-electron chi connectivity index (χ4n) is 2.80. The van der Waals surface area contributed by atoms with Crippen molar-refractivity contribution in [2.45, 2.75) is 27.3 Å². The molecule has 150 valence electrons. The maximum atomic E-state index is 12.6. The summed E-state index contributed by atoms with van der Waals surface area (Å²) in [6.45, 7) is 7.63. The number of hydrogen-bond acceptors (Lipinski definition) is 4. The van der Waals surface area contributed by atoms with Crippen LogP contribution in [-0.2, 0) is 6.54 Å². The van der Waals surface area contributed by atoms with Gasteiger partial charge in [0.2, 0.25) is 0 Å². The number of rotatable bonds is 8. The molecule has 0 heterocycles. The van der Waals surface area contributed by atoms with E-state index in [1.165, 1.54) is 5.56 Å². The van der Waals surface area contributed by atoms with E-state index in [0.29, 0.717) is 30.3 Å². The van der Waals surface area contributed by atoms with Crippen LogP contribution in [0.4, 0.5) is 0 Å². The van der Waals surface area contributed by atoms with Gasteiger partial charge in [0.25, 0.3) is 5.91 Å². The molecule has 0 atom stereocenters. The second-order valence-electron chi connectivity index (χ2n) is 6.71. The molecular weight excluding hydrogens is 354 g/mol. The monoisotopic (exact) mass is 383 g/mol. The molecule has 0 radical (unpaired) electrons. The fraction of sp³-hybridized carbons (Fsp3) is 0.364. The Balaban J connectivity index is 2.25. The van der Waals surface area contributed by atoms with E-state index in [1.807, 2.05) is 53.1 Å². The number of nitrogens with zero attached hydrogens (tertiary/aromatic N) is 2. The topological polar surface area (TPSA) is 77.1 Å². The maximum Gasteiger partial charge on any atom is 0.279 e. The zero-order chi connectivity index (χ0) is 20.7. The number of amides is 1. The summed E-state index contributed by atoms with van der Waals surface area (Å²) in [5.74, 6) is 0.894. The fourth-order valence-corrected chi connectivity index (χ4v) is 2.80. The molecule has 6 nitrogen and oxygen atoms in total. The molecule has 0 aromatic heterocycles. The van der Waals surface area contributed by atoms with E-state index in [4.69, 9.17) is 15.2 Å².